The van der Waals surface area contributed by atoms with Crippen LogP contribution in [0.1, 0.15) is 53.0 Å². The smallest absolute Gasteiger partial charge is 0.227 e. The summed E-state index contributed by atoms with van der Waals surface area (Å²) in [6.45, 7) is 13.9. The van der Waals surface area contributed by atoms with E-state index in [0.717, 1.165) is 38.2 Å². The molecular formula is C21H33N3OS. The van der Waals surface area contributed by atoms with E-state index in [0.29, 0.717) is 11.7 Å². The highest BCUT2D eigenvalue weighted by Gasteiger charge is 2.29. The van der Waals surface area contributed by atoms with Crippen molar-refractivity contribution in [2.75, 3.05) is 31.5 Å². The minimum absolute atomic E-state index is 0.0478. The number of rotatable bonds is 4. The Morgan fingerprint density at radius 3 is 2.38 bits per heavy atom. The number of hydrogen-bond acceptors (Lipinski definition) is 2. The first-order valence-electron chi connectivity index (χ1n) is 9.71. The highest BCUT2D eigenvalue weighted by atomic mass is 32.1. The number of hydrogen-bond donors (Lipinski definition) is 1. The van der Waals surface area contributed by atoms with E-state index < -0.39 is 0 Å². The molecule has 1 aliphatic rings. The van der Waals surface area contributed by atoms with Crippen LogP contribution in [0.2, 0.25) is 0 Å². The number of thiocarbonyl (C=S) groups is 1. The Balaban J connectivity index is 1.97. The van der Waals surface area contributed by atoms with E-state index in [4.69, 9.17) is 12.2 Å². The quantitative estimate of drug-likeness (QED) is 0.798. The van der Waals surface area contributed by atoms with Crippen molar-refractivity contribution >= 4 is 28.9 Å². The van der Waals surface area contributed by atoms with E-state index in [-0.39, 0.29) is 17.2 Å². The van der Waals surface area contributed by atoms with E-state index in [9.17, 15) is 4.79 Å². The molecule has 0 spiro atoms. The minimum Gasteiger partial charge on any atom is -0.348 e. The third-order valence-electron chi connectivity index (χ3n) is 5.14. The molecule has 4 nitrogen and oxygen atoms in total. The lowest BCUT2D eigenvalue weighted by atomic mass is 9.87. The molecule has 1 saturated heterocycles. The first kappa shape index (κ1) is 20.7. The topological polar surface area (TPSA) is 35.6 Å². The van der Waals surface area contributed by atoms with Gasteiger partial charge in [0.25, 0.3) is 0 Å². The number of carbonyl (C=O) groups is 1. The standard InChI is InChI=1S/C21H33N3OS/c1-6-23(7-2)19(25)16-9-8-14-24(15-16)20(26)22-18-12-10-17(11-13-18)21(3,4)5/h10-13,16H,6-9,14-15H2,1-5H3,(H,22,26). The van der Waals surface area contributed by atoms with Crippen LogP contribution in [0.5, 0.6) is 0 Å². The molecule has 1 unspecified atom stereocenters. The van der Waals surface area contributed by atoms with Gasteiger partial charge < -0.3 is 15.1 Å². The van der Waals surface area contributed by atoms with Crippen LogP contribution < -0.4 is 5.32 Å². The molecule has 0 bridgehead atoms. The van der Waals surface area contributed by atoms with Crippen LogP contribution in [0.3, 0.4) is 0 Å². The lowest BCUT2D eigenvalue weighted by molar-refractivity contribution is -0.136. The molecule has 1 aromatic carbocycles. The summed E-state index contributed by atoms with van der Waals surface area (Å²) in [5, 5.41) is 4.05. The molecule has 1 heterocycles. The van der Waals surface area contributed by atoms with Gasteiger partial charge in [0.1, 0.15) is 0 Å². The van der Waals surface area contributed by atoms with Gasteiger partial charge in [0, 0.05) is 31.9 Å². The van der Waals surface area contributed by atoms with Crippen LogP contribution in [-0.2, 0) is 10.2 Å². The first-order chi connectivity index (χ1) is 12.3. The van der Waals surface area contributed by atoms with E-state index in [1.807, 2.05) is 18.7 Å². The highest BCUT2D eigenvalue weighted by molar-refractivity contribution is 7.80. The molecule has 0 aromatic heterocycles. The summed E-state index contributed by atoms with van der Waals surface area (Å²) in [5.41, 5.74) is 2.45. The van der Waals surface area contributed by atoms with Crippen LogP contribution in [0.4, 0.5) is 5.69 Å². The van der Waals surface area contributed by atoms with Crippen LogP contribution >= 0.6 is 12.2 Å². The molecular weight excluding hydrogens is 342 g/mol. The molecule has 0 saturated carbocycles. The molecule has 0 radical (unpaired) electrons. The van der Waals surface area contributed by atoms with E-state index >= 15 is 0 Å². The van der Waals surface area contributed by atoms with Crippen molar-refractivity contribution in [3.63, 3.8) is 0 Å². The Morgan fingerprint density at radius 2 is 1.85 bits per heavy atom. The zero-order valence-electron chi connectivity index (χ0n) is 16.8. The average molecular weight is 376 g/mol. The van der Waals surface area contributed by atoms with Crippen LogP contribution in [0.15, 0.2) is 24.3 Å². The van der Waals surface area contributed by atoms with E-state index in [1.165, 1.54) is 5.56 Å². The summed E-state index contributed by atoms with van der Waals surface area (Å²) < 4.78 is 0. The van der Waals surface area contributed by atoms with Crippen LogP contribution in [0, 0.1) is 5.92 Å². The lowest BCUT2D eigenvalue weighted by Crippen LogP contribution is -2.47. The van der Waals surface area contributed by atoms with Gasteiger partial charge in [-0.3, -0.25) is 4.79 Å². The maximum absolute atomic E-state index is 12.7. The SMILES string of the molecule is CCN(CC)C(=O)C1CCCN(C(=S)Nc2ccc(C(C)(C)C)cc2)C1. The summed E-state index contributed by atoms with van der Waals surface area (Å²) >= 11 is 5.61. The molecule has 1 amide bonds. The Bertz CT molecular complexity index is 617. The Labute approximate surface area is 163 Å². The molecule has 1 fully saturated rings. The van der Waals surface area contributed by atoms with Crippen molar-refractivity contribution in [1.29, 1.82) is 0 Å². The fraction of sp³-hybridized carbons (Fsp3) is 0.619. The normalized spacial score (nSPS) is 17.7. The van der Waals surface area contributed by atoms with Crippen LogP contribution in [0.25, 0.3) is 0 Å². The van der Waals surface area contributed by atoms with Gasteiger partial charge in [0.15, 0.2) is 5.11 Å². The van der Waals surface area contributed by atoms with Gasteiger partial charge >= 0.3 is 0 Å². The average Bonchev–Trinajstić information content (AvgIpc) is 2.62. The second-order valence-corrected chi connectivity index (χ2v) is 8.44. The van der Waals surface area contributed by atoms with Gasteiger partial charge in [0.05, 0.1) is 5.92 Å². The van der Waals surface area contributed by atoms with Crippen molar-refractivity contribution in [1.82, 2.24) is 9.80 Å². The summed E-state index contributed by atoms with van der Waals surface area (Å²) in [7, 11) is 0. The summed E-state index contributed by atoms with van der Waals surface area (Å²) in [5.74, 6) is 0.309. The minimum atomic E-state index is 0.0478. The zero-order valence-corrected chi connectivity index (χ0v) is 17.7. The van der Waals surface area contributed by atoms with Crippen molar-refractivity contribution in [3.05, 3.63) is 29.8 Å². The van der Waals surface area contributed by atoms with Gasteiger partial charge in [0.2, 0.25) is 5.91 Å². The van der Waals surface area contributed by atoms with Gasteiger partial charge in [-0.15, -0.1) is 0 Å². The monoisotopic (exact) mass is 375 g/mol. The maximum atomic E-state index is 12.7. The lowest BCUT2D eigenvalue weighted by Gasteiger charge is -2.36. The molecule has 1 atom stereocenters. The molecule has 0 aliphatic carbocycles. The van der Waals surface area contributed by atoms with Gasteiger partial charge in [-0.1, -0.05) is 32.9 Å². The predicted molar refractivity (Wildman–Crippen MR) is 114 cm³/mol. The van der Waals surface area contributed by atoms with E-state index in [1.54, 1.807) is 0 Å². The number of amides is 1. The van der Waals surface area contributed by atoms with Crippen molar-refractivity contribution in [2.45, 2.75) is 52.9 Å². The number of nitrogens with one attached hydrogen (secondary N) is 1. The molecule has 144 valence electrons. The zero-order chi connectivity index (χ0) is 19.3. The highest BCUT2D eigenvalue weighted by Crippen LogP contribution is 2.24. The molecule has 2 rings (SSSR count). The van der Waals surface area contributed by atoms with Gasteiger partial charge in [-0.2, -0.15) is 0 Å². The molecule has 5 heteroatoms. The number of piperidine rings is 1. The summed E-state index contributed by atoms with van der Waals surface area (Å²) in [6, 6.07) is 8.45. The Morgan fingerprint density at radius 1 is 1.23 bits per heavy atom. The molecule has 1 aliphatic heterocycles. The van der Waals surface area contributed by atoms with E-state index in [2.05, 4.69) is 55.3 Å². The number of carbonyl (C=O) groups excluding carboxylic acids is 1. The second-order valence-electron chi connectivity index (χ2n) is 8.05. The maximum Gasteiger partial charge on any atom is 0.227 e. The third kappa shape index (κ3) is 5.19. The second kappa shape index (κ2) is 8.85. The largest absolute Gasteiger partial charge is 0.348 e. The van der Waals surface area contributed by atoms with Gasteiger partial charge in [-0.25, -0.2) is 0 Å². The molecule has 26 heavy (non-hydrogen) atoms. The van der Waals surface area contributed by atoms with Gasteiger partial charge in [-0.05, 0) is 62.0 Å². The number of benzene rings is 1. The molecule has 1 aromatic rings. The molecule has 1 N–H and O–H groups in total. The summed E-state index contributed by atoms with van der Waals surface area (Å²) in [6.07, 6.45) is 1.96. The number of likely N-dealkylation sites (tertiary alicyclic amines) is 1. The third-order valence-corrected chi connectivity index (χ3v) is 5.50. The van der Waals surface area contributed by atoms with Crippen molar-refractivity contribution < 1.29 is 4.79 Å². The summed E-state index contributed by atoms with van der Waals surface area (Å²) in [4.78, 5) is 16.7. The first-order valence-corrected chi connectivity index (χ1v) is 10.1. The van der Waals surface area contributed by atoms with Crippen molar-refractivity contribution in [3.8, 4) is 0 Å². The fourth-order valence-corrected chi connectivity index (χ4v) is 3.70. The Kier molecular flexibility index (Phi) is 7.04. The fourth-order valence-electron chi connectivity index (χ4n) is 3.41. The van der Waals surface area contributed by atoms with Crippen LogP contribution in [-0.4, -0.2) is 47.0 Å². The van der Waals surface area contributed by atoms with Crippen molar-refractivity contribution in [2.24, 2.45) is 5.92 Å². The predicted octanol–water partition coefficient (Wildman–Crippen LogP) is 4.26. The number of nitrogens with zero attached hydrogens (tertiary/aromatic N) is 2. The Hall–Kier alpha value is -1.62. The number of anilines is 1.